The van der Waals surface area contributed by atoms with E-state index in [0.717, 1.165) is 19.3 Å². The van der Waals surface area contributed by atoms with Gasteiger partial charge in [0.2, 0.25) is 0 Å². The first-order valence-corrected chi connectivity index (χ1v) is 8.24. The molecular formula is C15H21F8NO. The molecule has 25 heavy (non-hydrogen) atoms. The maximum absolute atomic E-state index is 14.6. The summed E-state index contributed by atoms with van der Waals surface area (Å²) in [6.07, 6.45) is -13.6. The third-order valence-corrected chi connectivity index (χ3v) is 5.00. The van der Waals surface area contributed by atoms with Crippen LogP contribution in [0.25, 0.3) is 0 Å². The molecule has 2 aliphatic heterocycles. The number of hydrogen-bond acceptors (Lipinski definition) is 2. The van der Waals surface area contributed by atoms with E-state index in [0.29, 0.717) is 13.1 Å². The molecule has 0 radical (unpaired) electrons. The minimum Gasteiger partial charge on any atom is -0.362 e. The summed E-state index contributed by atoms with van der Waals surface area (Å²) < 4.78 is 111. The molecule has 0 saturated carbocycles. The molecule has 4 unspecified atom stereocenters. The SMILES string of the molecule is CC(N1CCCCC1)C(F)(F)C1CCC(C(F)(F)C(F)C(F)(F)F)O1. The van der Waals surface area contributed by atoms with Crippen LogP contribution in [0.1, 0.15) is 39.0 Å². The highest BCUT2D eigenvalue weighted by Gasteiger charge is 2.64. The van der Waals surface area contributed by atoms with Crippen molar-refractivity contribution in [2.24, 2.45) is 0 Å². The normalized spacial score (nSPS) is 29.6. The van der Waals surface area contributed by atoms with Gasteiger partial charge in [0.25, 0.3) is 12.1 Å². The summed E-state index contributed by atoms with van der Waals surface area (Å²) in [5.74, 6) is -8.43. The zero-order chi connectivity index (χ0) is 19.0. The molecule has 2 nitrogen and oxygen atoms in total. The lowest BCUT2D eigenvalue weighted by molar-refractivity contribution is -0.278. The van der Waals surface area contributed by atoms with Gasteiger partial charge >= 0.3 is 12.1 Å². The third-order valence-electron chi connectivity index (χ3n) is 5.00. The van der Waals surface area contributed by atoms with Crippen molar-refractivity contribution in [2.75, 3.05) is 13.1 Å². The molecule has 2 aliphatic rings. The Morgan fingerprint density at radius 3 is 1.80 bits per heavy atom. The van der Waals surface area contributed by atoms with E-state index in [1.165, 1.54) is 11.8 Å². The van der Waals surface area contributed by atoms with Gasteiger partial charge in [-0.25, -0.2) is 22.0 Å². The second-order valence-electron chi connectivity index (χ2n) is 6.72. The zero-order valence-electron chi connectivity index (χ0n) is 13.6. The lowest BCUT2D eigenvalue weighted by Crippen LogP contribution is -2.54. The van der Waals surface area contributed by atoms with Crippen LogP contribution in [-0.2, 0) is 4.74 Å². The molecule has 0 bridgehead atoms. The van der Waals surface area contributed by atoms with Gasteiger partial charge in [-0.1, -0.05) is 6.42 Å². The number of halogens is 8. The Labute approximate surface area is 140 Å². The van der Waals surface area contributed by atoms with Crippen LogP contribution < -0.4 is 0 Å². The van der Waals surface area contributed by atoms with Gasteiger partial charge in [-0.05, 0) is 45.7 Å². The van der Waals surface area contributed by atoms with Gasteiger partial charge < -0.3 is 4.74 Å². The Morgan fingerprint density at radius 2 is 1.32 bits per heavy atom. The van der Waals surface area contributed by atoms with Crippen LogP contribution in [0.4, 0.5) is 35.1 Å². The maximum Gasteiger partial charge on any atom is 0.425 e. The molecular weight excluding hydrogens is 362 g/mol. The van der Waals surface area contributed by atoms with E-state index in [4.69, 9.17) is 0 Å². The van der Waals surface area contributed by atoms with E-state index in [9.17, 15) is 35.1 Å². The maximum atomic E-state index is 14.6. The Hall–Kier alpha value is -0.640. The minimum absolute atomic E-state index is 0.434. The van der Waals surface area contributed by atoms with Crippen LogP contribution in [0, 0.1) is 0 Å². The summed E-state index contributed by atoms with van der Waals surface area (Å²) >= 11 is 0. The number of ether oxygens (including phenoxy) is 1. The number of nitrogens with zero attached hydrogens (tertiary/aromatic N) is 1. The second-order valence-corrected chi connectivity index (χ2v) is 6.72. The summed E-state index contributed by atoms with van der Waals surface area (Å²) in [6, 6.07) is -1.30. The fourth-order valence-corrected chi connectivity index (χ4v) is 3.40. The monoisotopic (exact) mass is 383 g/mol. The fourth-order valence-electron chi connectivity index (χ4n) is 3.40. The van der Waals surface area contributed by atoms with Crippen LogP contribution in [0.3, 0.4) is 0 Å². The van der Waals surface area contributed by atoms with Crippen molar-refractivity contribution in [3.63, 3.8) is 0 Å². The Morgan fingerprint density at radius 1 is 0.840 bits per heavy atom. The molecule has 148 valence electrons. The van der Waals surface area contributed by atoms with Crippen molar-refractivity contribution < 1.29 is 39.9 Å². The summed E-state index contributed by atoms with van der Waals surface area (Å²) in [4.78, 5) is 1.52. The number of likely N-dealkylation sites (tertiary alicyclic amines) is 1. The predicted molar refractivity (Wildman–Crippen MR) is 73.6 cm³/mol. The van der Waals surface area contributed by atoms with Crippen molar-refractivity contribution in [3.8, 4) is 0 Å². The van der Waals surface area contributed by atoms with Gasteiger partial charge in [0.1, 0.15) is 12.2 Å². The molecule has 0 aromatic heterocycles. The van der Waals surface area contributed by atoms with Gasteiger partial charge in [-0.2, -0.15) is 13.2 Å². The first-order valence-electron chi connectivity index (χ1n) is 8.24. The topological polar surface area (TPSA) is 12.5 Å². The molecule has 0 aliphatic carbocycles. The largest absolute Gasteiger partial charge is 0.425 e. The number of piperidine rings is 1. The second kappa shape index (κ2) is 7.17. The predicted octanol–water partition coefficient (Wildman–Crippen LogP) is 4.58. The van der Waals surface area contributed by atoms with Crippen molar-refractivity contribution in [1.82, 2.24) is 4.90 Å². The quantitative estimate of drug-likeness (QED) is 0.645. The van der Waals surface area contributed by atoms with Crippen LogP contribution in [0.2, 0.25) is 0 Å². The highest BCUT2D eigenvalue weighted by Crippen LogP contribution is 2.45. The molecule has 4 atom stereocenters. The summed E-state index contributed by atoms with van der Waals surface area (Å²) in [7, 11) is 0. The summed E-state index contributed by atoms with van der Waals surface area (Å²) in [5, 5.41) is 0. The molecule has 0 N–H and O–H groups in total. The van der Waals surface area contributed by atoms with Gasteiger partial charge in [0.15, 0.2) is 0 Å². The molecule has 0 amide bonds. The highest BCUT2D eigenvalue weighted by molar-refractivity contribution is 4.99. The number of hydrogen-bond donors (Lipinski definition) is 0. The van der Waals surface area contributed by atoms with Crippen LogP contribution in [0.5, 0.6) is 0 Å². The van der Waals surface area contributed by atoms with Crippen molar-refractivity contribution in [2.45, 2.75) is 81.5 Å². The minimum atomic E-state index is -5.78. The molecule has 2 fully saturated rings. The zero-order valence-corrected chi connectivity index (χ0v) is 13.6. The van der Waals surface area contributed by atoms with E-state index in [2.05, 4.69) is 4.74 Å². The average molecular weight is 383 g/mol. The van der Waals surface area contributed by atoms with Crippen LogP contribution in [0.15, 0.2) is 0 Å². The van der Waals surface area contributed by atoms with Crippen LogP contribution in [-0.4, -0.2) is 60.4 Å². The molecule has 2 heterocycles. The molecule has 0 spiro atoms. The Balaban J connectivity index is 2.05. The lowest BCUT2D eigenvalue weighted by Gasteiger charge is -2.39. The van der Waals surface area contributed by atoms with Gasteiger partial charge in [0.05, 0.1) is 6.04 Å². The average Bonchev–Trinajstić information content (AvgIpc) is 3.05. The van der Waals surface area contributed by atoms with Gasteiger partial charge in [0, 0.05) is 0 Å². The Kier molecular flexibility index (Phi) is 5.93. The first-order chi connectivity index (χ1) is 11.4. The van der Waals surface area contributed by atoms with Crippen molar-refractivity contribution in [3.05, 3.63) is 0 Å². The number of rotatable bonds is 5. The molecule has 2 saturated heterocycles. The van der Waals surface area contributed by atoms with E-state index in [1.54, 1.807) is 0 Å². The number of alkyl halides is 8. The van der Waals surface area contributed by atoms with Crippen LogP contribution >= 0.6 is 0 Å². The lowest BCUT2D eigenvalue weighted by atomic mass is 9.98. The van der Waals surface area contributed by atoms with Crippen molar-refractivity contribution >= 4 is 0 Å². The highest BCUT2D eigenvalue weighted by atomic mass is 19.4. The summed E-state index contributed by atoms with van der Waals surface area (Å²) in [5.41, 5.74) is 0. The molecule has 0 aromatic rings. The van der Waals surface area contributed by atoms with E-state index in [1.807, 2.05) is 0 Å². The summed E-state index contributed by atoms with van der Waals surface area (Å²) in [6.45, 7) is 2.11. The van der Waals surface area contributed by atoms with Gasteiger partial charge in [-0.15, -0.1) is 0 Å². The van der Waals surface area contributed by atoms with E-state index in [-0.39, 0.29) is 0 Å². The standard InChI is InChI=1S/C15H21F8NO/c1-9(24-7-3-2-4-8-24)13(17,18)10-5-6-11(25-10)14(19,20)12(16)15(21,22)23/h9-12H,2-8H2,1H3. The molecule has 10 heteroatoms. The third kappa shape index (κ3) is 4.20. The smallest absolute Gasteiger partial charge is 0.362 e. The molecule has 0 aromatic carbocycles. The van der Waals surface area contributed by atoms with E-state index >= 15 is 0 Å². The molecule has 2 rings (SSSR count). The Bertz CT molecular complexity index is 449. The van der Waals surface area contributed by atoms with Crippen molar-refractivity contribution in [1.29, 1.82) is 0 Å². The fraction of sp³-hybridized carbons (Fsp3) is 1.00. The first kappa shape index (κ1) is 20.7. The van der Waals surface area contributed by atoms with Gasteiger partial charge in [-0.3, -0.25) is 4.90 Å². The van der Waals surface area contributed by atoms with E-state index < -0.39 is 55.3 Å².